The summed E-state index contributed by atoms with van der Waals surface area (Å²) in [5.41, 5.74) is 21.4. The van der Waals surface area contributed by atoms with E-state index >= 15 is 0 Å². The van der Waals surface area contributed by atoms with Gasteiger partial charge in [-0.2, -0.15) is 0 Å². The summed E-state index contributed by atoms with van der Waals surface area (Å²) < 4.78 is 28.7. The van der Waals surface area contributed by atoms with Crippen LogP contribution in [-0.4, -0.2) is 34.5 Å². The molecule has 2 aliphatic carbocycles. The zero-order chi connectivity index (χ0) is 109. The van der Waals surface area contributed by atoms with Crippen molar-refractivity contribution in [1.29, 1.82) is 0 Å². The second-order valence-corrected chi connectivity index (χ2v) is 42.4. The largest absolute Gasteiger partial charge is 0.497 e. The molecule has 0 bridgehead atoms. The minimum atomic E-state index is 0.0858. The van der Waals surface area contributed by atoms with E-state index in [4.69, 9.17) is 46.9 Å². The Kier molecular flexibility index (Phi) is 64.8. The minimum Gasteiger partial charge on any atom is -0.497 e. The molecule has 0 N–H and O–H groups in total. The van der Waals surface area contributed by atoms with Crippen LogP contribution in [0.15, 0.2) is 391 Å². The number of halogens is 4. The third-order valence-corrected chi connectivity index (χ3v) is 29.6. The Labute approximate surface area is 931 Å². The van der Waals surface area contributed by atoms with E-state index in [1.54, 1.807) is 21.3 Å². The first-order valence-corrected chi connectivity index (χ1v) is 57.2. The van der Waals surface area contributed by atoms with Gasteiger partial charge >= 0.3 is 0 Å². The second-order valence-electron chi connectivity index (χ2n) is 39.7. The van der Waals surface area contributed by atoms with Gasteiger partial charge in [0.2, 0.25) is 0 Å². The zero-order valence-corrected chi connectivity index (χ0v) is 99.5. The summed E-state index contributed by atoms with van der Waals surface area (Å²) in [6, 6.07) is 132. The topological polar surface area (TPSA) is 46.2 Å². The minimum absolute atomic E-state index is 0.0858. The van der Waals surface area contributed by atoms with Crippen molar-refractivity contribution in [1.82, 2.24) is 0 Å². The number of benzene rings is 15. The van der Waals surface area contributed by atoms with E-state index in [0.29, 0.717) is 22.7 Å². The van der Waals surface area contributed by atoms with Crippen LogP contribution in [0.1, 0.15) is 315 Å². The number of aryl methyl sites for hydroxylation is 8. The lowest BCUT2D eigenvalue weighted by molar-refractivity contribution is 0.119. The van der Waals surface area contributed by atoms with Crippen molar-refractivity contribution < 1.29 is 23.7 Å². The molecular formula is C140H180Br2Cl2O5. The molecule has 9 heteroatoms. The molecule has 0 radical (unpaired) electrons. The highest BCUT2D eigenvalue weighted by atomic mass is 79.9. The number of methoxy groups -OCH3 is 3. The van der Waals surface area contributed by atoms with Gasteiger partial charge in [-0.25, -0.2) is 0 Å². The lowest BCUT2D eigenvalue weighted by Crippen LogP contribution is -2.18. The van der Waals surface area contributed by atoms with Crippen molar-refractivity contribution in [3.8, 4) is 23.0 Å². The van der Waals surface area contributed by atoms with Crippen LogP contribution in [0.2, 0.25) is 10.0 Å². The van der Waals surface area contributed by atoms with Crippen molar-refractivity contribution in [3.05, 3.63) is 485 Å². The molecule has 0 aliphatic heterocycles. The first-order valence-electron chi connectivity index (χ1n) is 54.8. The van der Waals surface area contributed by atoms with E-state index < -0.39 is 0 Å². The number of rotatable bonds is 27. The first-order chi connectivity index (χ1) is 71.9. The summed E-state index contributed by atoms with van der Waals surface area (Å²) in [7, 11) is 5.07. The molecule has 4 unspecified atom stereocenters. The van der Waals surface area contributed by atoms with Crippen molar-refractivity contribution in [3.63, 3.8) is 0 Å². The quantitative estimate of drug-likeness (QED) is 0.0480. The predicted octanol–water partition coefficient (Wildman–Crippen LogP) is 42.8. The van der Waals surface area contributed by atoms with Crippen molar-refractivity contribution >= 4 is 65.8 Å². The van der Waals surface area contributed by atoms with Crippen LogP contribution in [0.25, 0.3) is 10.8 Å². The molecule has 15 aromatic carbocycles. The van der Waals surface area contributed by atoms with Gasteiger partial charge in [-0.1, -0.05) is 525 Å². The zero-order valence-electron chi connectivity index (χ0n) is 94.8. The molecule has 0 amide bonds. The normalized spacial score (nSPS) is 12.7. The lowest BCUT2D eigenvalue weighted by Gasteiger charge is -2.25. The third kappa shape index (κ3) is 51.3. The molecule has 0 spiro atoms. The van der Waals surface area contributed by atoms with E-state index in [0.717, 1.165) is 93.2 Å². The number of hydrogen-bond donors (Lipinski definition) is 0. The molecule has 0 heterocycles. The molecule has 15 aromatic rings. The fourth-order valence-electron chi connectivity index (χ4n) is 17.0. The van der Waals surface area contributed by atoms with Crippen LogP contribution < -0.4 is 18.9 Å². The Morgan fingerprint density at radius 3 is 1.09 bits per heavy atom. The average Bonchev–Trinajstić information content (AvgIpc) is 1.82. The molecule has 2 fully saturated rings. The Morgan fingerprint density at radius 1 is 0.336 bits per heavy atom. The molecule has 2 aliphatic rings. The van der Waals surface area contributed by atoms with Crippen LogP contribution in [0, 0.1) is 26.7 Å². The van der Waals surface area contributed by atoms with E-state index in [1.165, 1.54) is 191 Å². The van der Waals surface area contributed by atoms with E-state index in [9.17, 15) is 0 Å². The van der Waals surface area contributed by atoms with E-state index in [1.807, 2.05) is 111 Å². The maximum atomic E-state index is 5.86. The SMILES string of the molecule is CC(C)(c1ccccc1)c1ccccc1.CC1(c2ccc(Cl)cc2)CCCC1.CC1(c2ccc(Cl)cc2)CCCC1.CCC(C)C(C)c1ccccc1.CCC(C)c1ccccc1.CCCCCCCOc1ccc(C)cc1.CCOc1ccc(CC)cc1.CCc1cc(OC)ccc1OC.CCc1ccc(Br)cc1.CCc1ccc(C)cc1.CCc1ccc2ccccc2c1.COC(C)c1ccccc1.Cc1ccc(Br)cc1. The highest BCUT2D eigenvalue weighted by molar-refractivity contribution is 9.10. The maximum absolute atomic E-state index is 5.86. The van der Waals surface area contributed by atoms with Gasteiger partial charge in [0.25, 0.3) is 0 Å². The van der Waals surface area contributed by atoms with Crippen LogP contribution in [0.3, 0.4) is 0 Å². The molecular weight excluding hydrogens is 1990 g/mol. The molecule has 4 atom stereocenters. The number of fused-ring (bicyclic) bond motifs is 1. The van der Waals surface area contributed by atoms with Gasteiger partial charge in [-0.05, 0) is 302 Å². The van der Waals surface area contributed by atoms with Gasteiger partial charge in [-0.3, -0.25) is 0 Å². The van der Waals surface area contributed by atoms with Gasteiger partial charge in [0.05, 0.1) is 33.5 Å². The van der Waals surface area contributed by atoms with Crippen LogP contribution >= 0.6 is 55.1 Å². The number of hydrogen-bond acceptors (Lipinski definition) is 5. The Bertz CT molecular complexity index is 5640. The van der Waals surface area contributed by atoms with Crippen LogP contribution in [0.5, 0.6) is 23.0 Å². The molecule has 0 saturated heterocycles. The third-order valence-electron chi connectivity index (χ3n) is 28.0. The van der Waals surface area contributed by atoms with Crippen LogP contribution in [0.4, 0.5) is 0 Å². The van der Waals surface area contributed by atoms with E-state index in [2.05, 4.69) is 442 Å². The fourth-order valence-corrected chi connectivity index (χ4v) is 17.8. The molecule has 5 nitrogen and oxygen atoms in total. The van der Waals surface area contributed by atoms with Crippen molar-refractivity contribution in [2.45, 2.75) is 301 Å². The Hall–Kier alpha value is -10.7. The monoisotopic (exact) mass is 2170 g/mol. The Balaban J connectivity index is 0.000000285. The van der Waals surface area contributed by atoms with Crippen LogP contribution in [-0.2, 0) is 53.1 Å². The summed E-state index contributed by atoms with van der Waals surface area (Å²) in [6.07, 6.45) is 25.4. The van der Waals surface area contributed by atoms with Crippen molar-refractivity contribution in [2.75, 3.05) is 34.5 Å². The van der Waals surface area contributed by atoms with Gasteiger partial charge in [0.1, 0.15) is 23.0 Å². The molecule has 149 heavy (non-hydrogen) atoms. The Morgan fingerprint density at radius 2 is 0.698 bits per heavy atom. The van der Waals surface area contributed by atoms with Gasteiger partial charge < -0.3 is 23.7 Å². The first kappa shape index (κ1) is 129. The molecule has 798 valence electrons. The number of ether oxygens (including phenoxy) is 5. The summed E-state index contributed by atoms with van der Waals surface area (Å²) in [5.74, 6) is 5.96. The summed E-state index contributed by atoms with van der Waals surface area (Å²) in [4.78, 5) is 0. The highest BCUT2D eigenvalue weighted by Gasteiger charge is 2.31. The second kappa shape index (κ2) is 75.1. The standard InChI is InChI=1S/C15H16.C14H22O.2C12H15Cl.C12H12.C12H18.C10H14O2.C10H14O.C10H14.C9H12O.C9H12.C8H9Br.C7H7Br/c1-15(2,13-9-5-3-6-10-13)14-11-7-4-8-12-14;1-3-4-5-6-7-12-15-14-10-8-13(2)9-11-14;2*1-12(8-2-3-9-12)10-4-6-11(13)7-5-10;1-2-10-7-8-11-5-3-4-6-12(11)9-10;1-4-10(2)11(3)12-8-6-5-7-9-12;1-4-8-7-9(11-2)5-6-10(8)12-3;1-3-9-5-7-10(8-6-9)11-4-2;1-3-9(2)10-7-5-4-6-8-10;1-8(10-2)9-6-4-3-5-7-9;1-3-9-6-4-8(2)5-7-9;1-2-7-3-5-8(9)6-4-7;1-6-2-4-7(8)5-3-6/h3-12H,1-2H3;8-11H,3-7,12H2,1-2H3;2*4-7H,2-3,8-9H2,1H3;3-9H,2H2,1H3;5-11H,4H2,1-3H3;5-7H,4H2,1-3H3;5-8H,3-4H2,1-2H3;4-9H,3H2,1-2H3;3-8H,1-2H3;4-7H,3H2,1-2H3;3-6H,2H2,1H3;2-5H,1H3. The molecule has 17 rings (SSSR count). The average molecular weight is 2170 g/mol. The summed E-state index contributed by atoms with van der Waals surface area (Å²) in [6.45, 7) is 45.5. The fraction of sp³-hybridized carbons (Fsp3) is 0.371. The summed E-state index contributed by atoms with van der Waals surface area (Å²) in [5, 5.41) is 4.35. The predicted molar refractivity (Wildman–Crippen MR) is 659 cm³/mol. The van der Waals surface area contributed by atoms with Gasteiger partial charge in [-0.15, -0.1) is 0 Å². The molecule has 0 aromatic heterocycles. The van der Waals surface area contributed by atoms with E-state index in [-0.39, 0.29) is 11.5 Å². The highest BCUT2D eigenvalue weighted by Crippen LogP contribution is 2.43. The van der Waals surface area contributed by atoms with Gasteiger partial charge in [0, 0.05) is 31.5 Å². The maximum Gasteiger partial charge on any atom is 0.122 e. The smallest absolute Gasteiger partial charge is 0.122 e. The summed E-state index contributed by atoms with van der Waals surface area (Å²) >= 11 is 18.4. The van der Waals surface area contributed by atoms with Crippen molar-refractivity contribution in [2.24, 2.45) is 5.92 Å². The molecule has 2 saturated carbocycles. The number of unbranched alkanes of at least 4 members (excludes halogenated alkanes) is 4. The lowest BCUT2D eigenvalue weighted by atomic mass is 9.78. The van der Waals surface area contributed by atoms with Gasteiger partial charge in [0.15, 0.2) is 0 Å².